The van der Waals surface area contributed by atoms with Crippen LogP contribution < -0.4 is 10.1 Å². The van der Waals surface area contributed by atoms with Gasteiger partial charge in [-0.25, -0.2) is 0 Å². The average Bonchev–Trinajstić information content (AvgIpc) is 3.30. The molecule has 1 aliphatic rings. The highest BCUT2D eigenvalue weighted by molar-refractivity contribution is 9.10. The molecule has 0 bridgehead atoms. The predicted molar refractivity (Wildman–Crippen MR) is 83.8 cm³/mol. The smallest absolute Gasteiger partial charge is 0.256 e. The second kappa shape index (κ2) is 6.28. The van der Waals surface area contributed by atoms with Gasteiger partial charge in [0.2, 0.25) is 0 Å². The van der Waals surface area contributed by atoms with Crippen LogP contribution in [0.5, 0.6) is 5.75 Å². The third-order valence-electron chi connectivity index (χ3n) is 3.06. The molecule has 0 aromatic heterocycles. The van der Waals surface area contributed by atoms with Gasteiger partial charge in [-0.2, -0.15) is 0 Å². The molecule has 0 aliphatic carbocycles. The summed E-state index contributed by atoms with van der Waals surface area (Å²) in [6, 6.07) is 14.7. The van der Waals surface area contributed by atoms with Crippen molar-refractivity contribution in [3.8, 4) is 5.75 Å². The van der Waals surface area contributed by atoms with E-state index in [1.54, 1.807) is 18.2 Å². The largest absolute Gasteiger partial charge is 0.491 e. The summed E-state index contributed by atoms with van der Waals surface area (Å²) < 4.78 is 11.4. The molecule has 0 saturated carbocycles. The van der Waals surface area contributed by atoms with E-state index in [9.17, 15) is 4.79 Å². The number of carbonyl (C=O) groups excluding carboxylic acids is 1. The maximum atomic E-state index is 12.2. The van der Waals surface area contributed by atoms with Crippen LogP contribution >= 0.6 is 15.9 Å². The molecule has 1 fully saturated rings. The molecule has 2 aromatic rings. The molecule has 21 heavy (non-hydrogen) atoms. The lowest BCUT2D eigenvalue weighted by molar-refractivity contribution is 0.102. The first-order chi connectivity index (χ1) is 10.2. The summed E-state index contributed by atoms with van der Waals surface area (Å²) in [5.41, 5.74) is 1.33. The minimum absolute atomic E-state index is 0.162. The van der Waals surface area contributed by atoms with Crippen molar-refractivity contribution in [2.24, 2.45) is 0 Å². The van der Waals surface area contributed by atoms with Crippen LogP contribution in [0.2, 0.25) is 0 Å². The molecule has 108 valence electrons. The van der Waals surface area contributed by atoms with E-state index in [2.05, 4.69) is 21.2 Å². The summed E-state index contributed by atoms with van der Waals surface area (Å²) in [6.07, 6.45) is 0.213. The van der Waals surface area contributed by atoms with E-state index in [1.807, 2.05) is 30.3 Å². The van der Waals surface area contributed by atoms with Gasteiger partial charge >= 0.3 is 0 Å². The Morgan fingerprint density at radius 3 is 2.71 bits per heavy atom. The first-order valence-electron chi connectivity index (χ1n) is 6.63. The number of hydrogen-bond acceptors (Lipinski definition) is 3. The second-order valence-corrected chi connectivity index (χ2v) is 5.58. The Bertz CT molecular complexity index is 641. The highest BCUT2D eigenvalue weighted by atomic mass is 79.9. The van der Waals surface area contributed by atoms with Crippen molar-refractivity contribution in [3.05, 3.63) is 58.6 Å². The number of amides is 1. The lowest BCUT2D eigenvalue weighted by Gasteiger charge is -2.09. The molecule has 2 aromatic carbocycles. The first kappa shape index (κ1) is 14.1. The molecule has 0 radical (unpaired) electrons. The fraction of sp³-hybridized carbons (Fsp3) is 0.188. The van der Waals surface area contributed by atoms with Gasteiger partial charge in [-0.3, -0.25) is 4.79 Å². The van der Waals surface area contributed by atoms with E-state index < -0.39 is 0 Å². The van der Waals surface area contributed by atoms with Gasteiger partial charge < -0.3 is 14.8 Å². The SMILES string of the molecule is O=C(Nc1ccccc1)c1ccc(OCC2CO2)cc1Br. The van der Waals surface area contributed by atoms with Crippen molar-refractivity contribution < 1.29 is 14.3 Å². The highest BCUT2D eigenvalue weighted by Gasteiger charge is 2.23. The third-order valence-corrected chi connectivity index (χ3v) is 3.71. The third kappa shape index (κ3) is 3.83. The van der Waals surface area contributed by atoms with Gasteiger partial charge in [-0.1, -0.05) is 18.2 Å². The predicted octanol–water partition coefficient (Wildman–Crippen LogP) is 3.48. The topological polar surface area (TPSA) is 50.9 Å². The molecule has 1 aliphatic heterocycles. The quantitative estimate of drug-likeness (QED) is 0.842. The first-order valence-corrected chi connectivity index (χ1v) is 7.42. The lowest BCUT2D eigenvalue weighted by atomic mass is 10.2. The van der Waals surface area contributed by atoms with Gasteiger partial charge in [-0.15, -0.1) is 0 Å². The molecule has 1 saturated heterocycles. The van der Waals surface area contributed by atoms with Crippen LogP contribution in [0.1, 0.15) is 10.4 Å². The fourth-order valence-electron chi connectivity index (χ4n) is 1.84. The van der Waals surface area contributed by atoms with Crippen LogP contribution in [0, 0.1) is 0 Å². The Balaban J connectivity index is 1.67. The number of nitrogens with one attached hydrogen (secondary N) is 1. The Hall–Kier alpha value is -1.85. The molecule has 5 heteroatoms. The molecule has 1 N–H and O–H groups in total. The Kier molecular flexibility index (Phi) is 4.22. The van der Waals surface area contributed by atoms with E-state index in [0.29, 0.717) is 22.4 Å². The van der Waals surface area contributed by atoms with Crippen molar-refractivity contribution in [3.63, 3.8) is 0 Å². The van der Waals surface area contributed by atoms with Gasteiger partial charge in [0.1, 0.15) is 18.5 Å². The van der Waals surface area contributed by atoms with Crippen LogP contribution in [-0.2, 0) is 4.74 Å². The molecular weight excluding hydrogens is 334 g/mol. The van der Waals surface area contributed by atoms with Crippen LogP contribution in [0.3, 0.4) is 0 Å². The van der Waals surface area contributed by atoms with Crippen molar-refractivity contribution in [2.75, 3.05) is 18.5 Å². The van der Waals surface area contributed by atoms with Crippen LogP contribution in [0.25, 0.3) is 0 Å². The number of anilines is 1. The average molecular weight is 348 g/mol. The van der Waals surface area contributed by atoms with Crippen LogP contribution in [0.15, 0.2) is 53.0 Å². The molecule has 1 amide bonds. The molecule has 3 rings (SSSR count). The number of benzene rings is 2. The fourth-order valence-corrected chi connectivity index (χ4v) is 2.38. The summed E-state index contributed by atoms with van der Waals surface area (Å²) in [5, 5.41) is 2.85. The van der Waals surface area contributed by atoms with E-state index in [4.69, 9.17) is 9.47 Å². The number of para-hydroxylation sites is 1. The molecule has 1 atom stereocenters. The normalized spacial score (nSPS) is 16.3. The zero-order chi connectivity index (χ0) is 14.7. The maximum absolute atomic E-state index is 12.2. The standard InChI is InChI=1S/C16H14BrNO3/c17-15-8-12(20-9-13-10-21-13)6-7-14(15)16(19)18-11-4-2-1-3-5-11/h1-8,13H,9-10H2,(H,18,19). The number of ether oxygens (including phenoxy) is 2. The summed E-state index contributed by atoms with van der Waals surface area (Å²) in [5.74, 6) is 0.554. The summed E-state index contributed by atoms with van der Waals surface area (Å²) in [7, 11) is 0. The van der Waals surface area contributed by atoms with E-state index in [-0.39, 0.29) is 12.0 Å². The Morgan fingerprint density at radius 2 is 2.05 bits per heavy atom. The lowest BCUT2D eigenvalue weighted by Crippen LogP contribution is -2.12. The van der Waals surface area contributed by atoms with Gasteiger partial charge in [-0.05, 0) is 46.3 Å². The van der Waals surface area contributed by atoms with E-state index in [1.165, 1.54) is 0 Å². The summed E-state index contributed by atoms with van der Waals surface area (Å²) >= 11 is 3.41. The van der Waals surface area contributed by atoms with E-state index in [0.717, 1.165) is 12.3 Å². The number of rotatable bonds is 5. The van der Waals surface area contributed by atoms with Crippen molar-refractivity contribution >= 4 is 27.5 Å². The molecule has 4 nitrogen and oxygen atoms in total. The molecule has 0 spiro atoms. The number of hydrogen-bond donors (Lipinski definition) is 1. The van der Waals surface area contributed by atoms with Gasteiger partial charge in [0.15, 0.2) is 0 Å². The highest BCUT2D eigenvalue weighted by Crippen LogP contribution is 2.25. The zero-order valence-electron chi connectivity index (χ0n) is 11.2. The monoisotopic (exact) mass is 347 g/mol. The maximum Gasteiger partial charge on any atom is 0.256 e. The van der Waals surface area contributed by atoms with E-state index >= 15 is 0 Å². The Morgan fingerprint density at radius 1 is 1.29 bits per heavy atom. The van der Waals surface area contributed by atoms with Crippen LogP contribution in [-0.4, -0.2) is 25.2 Å². The van der Waals surface area contributed by atoms with Crippen molar-refractivity contribution in [1.29, 1.82) is 0 Å². The molecular formula is C16H14BrNO3. The minimum atomic E-state index is -0.162. The summed E-state index contributed by atoms with van der Waals surface area (Å²) in [4.78, 5) is 12.2. The van der Waals surface area contributed by atoms with Crippen molar-refractivity contribution in [1.82, 2.24) is 0 Å². The Labute approximate surface area is 131 Å². The number of halogens is 1. The number of epoxide rings is 1. The van der Waals surface area contributed by atoms with Crippen molar-refractivity contribution in [2.45, 2.75) is 6.10 Å². The van der Waals surface area contributed by atoms with Crippen LogP contribution in [0.4, 0.5) is 5.69 Å². The molecule has 1 heterocycles. The molecule has 1 unspecified atom stereocenters. The van der Waals surface area contributed by atoms with Gasteiger partial charge in [0.05, 0.1) is 12.2 Å². The zero-order valence-corrected chi connectivity index (χ0v) is 12.8. The number of carbonyl (C=O) groups is 1. The van der Waals surface area contributed by atoms with Gasteiger partial charge in [0, 0.05) is 10.2 Å². The summed E-state index contributed by atoms with van der Waals surface area (Å²) in [6.45, 7) is 1.31. The van der Waals surface area contributed by atoms with Gasteiger partial charge in [0.25, 0.3) is 5.91 Å². The minimum Gasteiger partial charge on any atom is -0.491 e. The second-order valence-electron chi connectivity index (χ2n) is 4.73.